The second kappa shape index (κ2) is 4.41. The first-order chi connectivity index (χ1) is 6.81. The summed E-state index contributed by atoms with van der Waals surface area (Å²) < 4.78 is 13.1. The summed E-state index contributed by atoms with van der Waals surface area (Å²) in [6, 6.07) is 6.70. The van der Waals surface area contributed by atoms with E-state index in [1.54, 1.807) is 0 Å². The third-order valence-electron chi connectivity index (χ3n) is 2.67. The number of alkyl halides is 1. The lowest BCUT2D eigenvalue weighted by molar-refractivity contribution is 0.433. The smallest absolute Gasteiger partial charge is 0.102 e. The first-order valence-corrected chi connectivity index (χ1v) is 5.68. The van der Waals surface area contributed by atoms with Crippen molar-refractivity contribution >= 4 is 15.9 Å². The van der Waals surface area contributed by atoms with Crippen molar-refractivity contribution in [3.8, 4) is 0 Å². The normalized spacial score (nSPS) is 19.7. The van der Waals surface area contributed by atoms with Gasteiger partial charge < -0.3 is 5.32 Å². The number of hydrogen-bond donors (Lipinski definition) is 1. The molecule has 1 aromatic rings. The molecule has 0 amide bonds. The summed E-state index contributed by atoms with van der Waals surface area (Å²) >= 11 is 3.46. The number of hydrogen-bond acceptors (Lipinski definition) is 1. The Morgan fingerprint density at radius 2 is 2.36 bits per heavy atom. The van der Waals surface area contributed by atoms with Crippen LogP contribution in [0.5, 0.6) is 0 Å². The minimum Gasteiger partial charge on any atom is -0.307 e. The lowest BCUT2D eigenvalue weighted by Gasteiger charge is -2.12. The molecule has 1 aromatic carbocycles. The fraction of sp³-hybridized carbons (Fsp3) is 0.455. The lowest BCUT2D eigenvalue weighted by atomic mass is 10.1. The molecule has 0 aliphatic heterocycles. The molecular weight excluding hydrogens is 245 g/mol. The maximum Gasteiger partial charge on any atom is 0.102 e. The van der Waals surface area contributed by atoms with Crippen molar-refractivity contribution in [2.75, 3.05) is 13.2 Å². The Hall–Kier alpha value is -0.410. The van der Waals surface area contributed by atoms with Crippen LogP contribution >= 0.6 is 15.9 Å². The van der Waals surface area contributed by atoms with Gasteiger partial charge in [0, 0.05) is 17.1 Å². The van der Waals surface area contributed by atoms with Crippen LogP contribution in [0.3, 0.4) is 0 Å². The summed E-state index contributed by atoms with van der Waals surface area (Å²) in [5.74, 6) is 0. The van der Waals surface area contributed by atoms with Crippen molar-refractivity contribution in [3.05, 3.63) is 33.8 Å². The maximum absolute atomic E-state index is 12.0. The van der Waals surface area contributed by atoms with Crippen LogP contribution in [-0.2, 0) is 6.42 Å². The Kier molecular flexibility index (Phi) is 3.19. The zero-order chi connectivity index (χ0) is 9.97. The quantitative estimate of drug-likeness (QED) is 0.878. The Labute approximate surface area is 91.8 Å². The molecule has 0 aromatic heterocycles. The van der Waals surface area contributed by atoms with E-state index in [1.807, 2.05) is 0 Å². The Balaban J connectivity index is 2.16. The largest absolute Gasteiger partial charge is 0.307 e. The molecule has 2 rings (SSSR count). The molecule has 1 nitrogen and oxygen atoms in total. The number of aryl methyl sites for hydroxylation is 1. The summed E-state index contributed by atoms with van der Waals surface area (Å²) in [7, 11) is 0. The van der Waals surface area contributed by atoms with Crippen LogP contribution in [0.1, 0.15) is 23.6 Å². The van der Waals surface area contributed by atoms with Crippen LogP contribution < -0.4 is 5.32 Å². The van der Waals surface area contributed by atoms with Gasteiger partial charge in [0.15, 0.2) is 0 Å². The number of fused-ring (bicyclic) bond motifs is 1. The van der Waals surface area contributed by atoms with Crippen molar-refractivity contribution in [2.24, 2.45) is 0 Å². The fourth-order valence-electron chi connectivity index (χ4n) is 2.01. The standard InChI is InChI=1S/C11H13BrFN/c12-9-3-1-8-2-4-11(10(8)7-9)14-6-5-13/h1,3,7,11,14H,2,4-6H2. The highest BCUT2D eigenvalue weighted by Crippen LogP contribution is 2.32. The van der Waals surface area contributed by atoms with Crippen molar-refractivity contribution in [3.63, 3.8) is 0 Å². The van der Waals surface area contributed by atoms with Gasteiger partial charge in [0.2, 0.25) is 0 Å². The van der Waals surface area contributed by atoms with Gasteiger partial charge in [-0.2, -0.15) is 0 Å². The number of rotatable bonds is 3. The van der Waals surface area contributed by atoms with E-state index in [-0.39, 0.29) is 6.67 Å². The molecule has 3 heteroatoms. The van der Waals surface area contributed by atoms with E-state index >= 15 is 0 Å². The minimum atomic E-state index is -0.292. The zero-order valence-electron chi connectivity index (χ0n) is 7.89. The summed E-state index contributed by atoms with van der Waals surface area (Å²) in [6.45, 7) is 0.163. The average molecular weight is 258 g/mol. The first kappa shape index (κ1) is 10.1. The van der Waals surface area contributed by atoms with Crippen LogP contribution in [0.25, 0.3) is 0 Å². The summed E-state index contributed by atoms with van der Waals surface area (Å²) in [5.41, 5.74) is 2.72. The van der Waals surface area contributed by atoms with Crippen LogP contribution in [0, 0.1) is 0 Å². The zero-order valence-corrected chi connectivity index (χ0v) is 9.48. The Bertz CT molecular complexity index is 327. The van der Waals surface area contributed by atoms with Gasteiger partial charge in [0.25, 0.3) is 0 Å². The van der Waals surface area contributed by atoms with E-state index < -0.39 is 0 Å². The van der Waals surface area contributed by atoms with Gasteiger partial charge in [0.05, 0.1) is 0 Å². The molecule has 1 unspecified atom stereocenters. The van der Waals surface area contributed by atoms with Gasteiger partial charge in [-0.15, -0.1) is 0 Å². The molecule has 1 aliphatic rings. The van der Waals surface area contributed by atoms with Gasteiger partial charge in [-0.3, -0.25) is 0 Å². The predicted molar refractivity (Wildman–Crippen MR) is 59.2 cm³/mol. The first-order valence-electron chi connectivity index (χ1n) is 4.89. The van der Waals surface area contributed by atoms with E-state index in [4.69, 9.17) is 0 Å². The fourth-order valence-corrected chi connectivity index (χ4v) is 2.39. The summed E-state index contributed by atoms with van der Waals surface area (Å²) in [4.78, 5) is 0. The van der Waals surface area contributed by atoms with Crippen LogP contribution in [0.15, 0.2) is 22.7 Å². The Morgan fingerprint density at radius 3 is 3.14 bits per heavy atom. The monoisotopic (exact) mass is 257 g/mol. The highest BCUT2D eigenvalue weighted by Gasteiger charge is 2.21. The molecule has 0 spiro atoms. The SMILES string of the molecule is FCCNC1CCc2ccc(Br)cc21. The van der Waals surface area contributed by atoms with E-state index in [1.165, 1.54) is 11.1 Å². The second-order valence-corrected chi connectivity index (χ2v) is 4.49. The molecule has 0 heterocycles. The van der Waals surface area contributed by atoms with Gasteiger partial charge in [-0.05, 0) is 36.1 Å². The van der Waals surface area contributed by atoms with Crippen LogP contribution in [0.2, 0.25) is 0 Å². The van der Waals surface area contributed by atoms with Crippen LogP contribution in [0.4, 0.5) is 4.39 Å². The number of halogens is 2. The van der Waals surface area contributed by atoms with E-state index in [9.17, 15) is 4.39 Å². The second-order valence-electron chi connectivity index (χ2n) is 3.58. The molecular formula is C11H13BrFN. The molecule has 1 aliphatic carbocycles. The maximum atomic E-state index is 12.0. The van der Waals surface area contributed by atoms with Gasteiger partial charge >= 0.3 is 0 Å². The molecule has 0 bridgehead atoms. The summed E-state index contributed by atoms with van der Waals surface area (Å²) in [6.07, 6.45) is 2.19. The van der Waals surface area contributed by atoms with Crippen molar-refractivity contribution < 1.29 is 4.39 Å². The third-order valence-corrected chi connectivity index (χ3v) is 3.16. The molecule has 0 fully saturated rings. The third kappa shape index (κ3) is 1.98. The molecule has 14 heavy (non-hydrogen) atoms. The average Bonchev–Trinajstić information content (AvgIpc) is 2.57. The van der Waals surface area contributed by atoms with E-state index in [0.717, 1.165) is 17.3 Å². The highest BCUT2D eigenvalue weighted by atomic mass is 79.9. The topological polar surface area (TPSA) is 12.0 Å². The number of benzene rings is 1. The van der Waals surface area contributed by atoms with Crippen molar-refractivity contribution in [1.29, 1.82) is 0 Å². The minimum absolute atomic E-state index is 0.292. The van der Waals surface area contributed by atoms with E-state index in [0.29, 0.717) is 12.6 Å². The molecule has 0 saturated carbocycles. The van der Waals surface area contributed by atoms with Gasteiger partial charge in [-0.25, -0.2) is 4.39 Å². The van der Waals surface area contributed by atoms with Crippen LogP contribution in [-0.4, -0.2) is 13.2 Å². The molecule has 0 radical (unpaired) electrons. The van der Waals surface area contributed by atoms with Crippen molar-refractivity contribution in [1.82, 2.24) is 5.32 Å². The van der Waals surface area contributed by atoms with Crippen molar-refractivity contribution in [2.45, 2.75) is 18.9 Å². The lowest BCUT2D eigenvalue weighted by Crippen LogP contribution is -2.21. The number of nitrogens with one attached hydrogen (secondary N) is 1. The van der Waals surface area contributed by atoms with Gasteiger partial charge in [0.1, 0.15) is 6.67 Å². The highest BCUT2D eigenvalue weighted by molar-refractivity contribution is 9.10. The predicted octanol–water partition coefficient (Wildman–Crippen LogP) is 3.00. The molecule has 1 atom stereocenters. The summed E-state index contributed by atoms with van der Waals surface area (Å²) in [5, 5.41) is 3.22. The van der Waals surface area contributed by atoms with E-state index in [2.05, 4.69) is 39.4 Å². The molecule has 76 valence electrons. The Morgan fingerprint density at radius 1 is 1.50 bits per heavy atom. The molecule has 0 saturated heterocycles. The molecule has 1 N–H and O–H groups in total. The van der Waals surface area contributed by atoms with Gasteiger partial charge in [-0.1, -0.05) is 22.0 Å².